The van der Waals surface area contributed by atoms with Gasteiger partial charge in [0, 0.05) is 6.42 Å². The number of rotatable bonds is 5. The summed E-state index contributed by atoms with van der Waals surface area (Å²) in [5.74, 6) is -1.00. The Hall–Kier alpha value is -1.02. The van der Waals surface area contributed by atoms with Crippen LogP contribution in [0.4, 0.5) is 4.39 Å². The van der Waals surface area contributed by atoms with Crippen molar-refractivity contribution < 1.29 is 34.0 Å². The summed E-state index contributed by atoms with van der Waals surface area (Å²) in [6.07, 6.45) is -4.09. The van der Waals surface area contributed by atoms with Crippen molar-refractivity contribution in [3.05, 3.63) is 11.9 Å². The predicted molar refractivity (Wildman–Crippen MR) is 58.0 cm³/mol. The molecule has 3 N–H and O–H groups in total. The van der Waals surface area contributed by atoms with Crippen LogP contribution in [0, 0.1) is 0 Å². The largest absolute Gasteiger partial charge is 0.469 e. The van der Waals surface area contributed by atoms with Crippen LogP contribution >= 0.6 is 0 Å². The van der Waals surface area contributed by atoms with E-state index in [1.807, 2.05) is 0 Å². The number of carbonyl (C=O) groups excluding carboxylic acids is 1. The minimum absolute atomic E-state index is 0.00608. The summed E-state index contributed by atoms with van der Waals surface area (Å²) >= 11 is 0. The van der Waals surface area contributed by atoms with E-state index in [0.29, 0.717) is 0 Å². The van der Waals surface area contributed by atoms with Crippen LogP contribution < -0.4 is 0 Å². The number of allylic oxidation sites excluding steroid dienone is 1. The lowest BCUT2D eigenvalue weighted by atomic mass is 10.1. The first-order chi connectivity index (χ1) is 8.45. The predicted octanol–water partition coefficient (Wildman–Crippen LogP) is -0.378. The Morgan fingerprint density at radius 1 is 1.33 bits per heavy atom. The van der Waals surface area contributed by atoms with Gasteiger partial charge >= 0.3 is 5.97 Å². The number of esters is 1. The molecule has 1 aliphatic rings. The van der Waals surface area contributed by atoms with Crippen molar-refractivity contribution >= 4 is 5.97 Å². The highest BCUT2D eigenvalue weighted by atomic mass is 19.1. The summed E-state index contributed by atoms with van der Waals surface area (Å²) in [4.78, 5) is 10.8. The van der Waals surface area contributed by atoms with Crippen LogP contribution in [0.25, 0.3) is 0 Å². The van der Waals surface area contributed by atoms with E-state index in [-0.39, 0.29) is 19.3 Å². The zero-order valence-electron chi connectivity index (χ0n) is 9.95. The molecule has 7 heteroatoms. The van der Waals surface area contributed by atoms with Crippen molar-refractivity contribution in [2.75, 3.05) is 7.11 Å². The Kier molecular flexibility index (Phi) is 5.67. The standard InChI is InChI=1S/C11H17FO6/c1-17-8(13)4-2-3-6(12)5-7-9(14)10(15)11(16)18-7/h5,7,9-11,14-16H,2-4H2,1H3/b6-5-/t7-,9-,10-,11-/m1/s1. The third-order valence-corrected chi connectivity index (χ3v) is 2.64. The second kappa shape index (κ2) is 6.79. The average Bonchev–Trinajstić information content (AvgIpc) is 2.56. The van der Waals surface area contributed by atoms with Crippen LogP contribution in [0.1, 0.15) is 19.3 Å². The molecule has 0 aliphatic carbocycles. The normalized spacial score (nSPS) is 32.6. The van der Waals surface area contributed by atoms with Crippen LogP contribution in [-0.2, 0) is 14.3 Å². The second-order valence-electron chi connectivity index (χ2n) is 4.02. The van der Waals surface area contributed by atoms with Gasteiger partial charge < -0.3 is 24.8 Å². The van der Waals surface area contributed by atoms with Gasteiger partial charge in [-0.15, -0.1) is 0 Å². The molecule has 0 amide bonds. The highest BCUT2D eigenvalue weighted by molar-refractivity contribution is 5.69. The highest BCUT2D eigenvalue weighted by Gasteiger charge is 2.40. The van der Waals surface area contributed by atoms with Gasteiger partial charge in [-0.2, -0.15) is 0 Å². The minimum Gasteiger partial charge on any atom is -0.469 e. The summed E-state index contributed by atoms with van der Waals surface area (Å²) in [7, 11) is 1.25. The first-order valence-electron chi connectivity index (χ1n) is 5.58. The number of carbonyl (C=O) groups is 1. The lowest BCUT2D eigenvalue weighted by Crippen LogP contribution is -2.31. The SMILES string of the molecule is COC(=O)CCC/C(F)=C/[C@H]1O[C@@H](O)[C@H](O)[C@@H]1O. The Labute approximate surface area is 104 Å². The molecule has 1 rings (SSSR count). The monoisotopic (exact) mass is 264 g/mol. The molecular formula is C11H17FO6. The van der Waals surface area contributed by atoms with Crippen LogP contribution in [0.5, 0.6) is 0 Å². The third-order valence-electron chi connectivity index (χ3n) is 2.64. The van der Waals surface area contributed by atoms with Crippen molar-refractivity contribution in [3.8, 4) is 0 Å². The van der Waals surface area contributed by atoms with Crippen LogP contribution in [0.15, 0.2) is 11.9 Å². The smallest absolute Gasteiger partial charge is 0.305 e. The maximum atomic E-state index is 13.4. The number of hydrogen-bond acceptors (Lipinski definition) is 6. The van der Waals surface area contributed by atoms with Crippen molar-refractivity contribution in [1.82, 2.24) is 0 Å². The van der Waals surface area contributed by atoms with Crippen molar-refractivity contribution in [2.24, 2.45) is 0 Å². The van der Waals surface area contributed by atoms with Gasteiger partial charge in [0.15, 0.2) is 6.29 Å². The van der Waals surface area contributed by atoms with E-state index in [1.165, 1.54) is 7.11 Å². The first-order valence-corrected chi connectivity index (χ1v) is 5.58. The number of aliphatic hydroxyl groups is 3. The van der Waals surface area contributed by atoms with Gasteiger partial charge in [-0.3, -0.25) is 4.79 Å². The number of hydrogen-bond donors (Lipinski definition) is 3. The molecule has 0 aromatic rings. The summed E-state index contributed by atoms with van der Waals surface area (Å²) in [5, 5.41) is 27.7. The topological polar surface area (TPSA) is 96.2 Å². The number of aliphatic hydroxyl groups excluding tert-OH is 3. The molecule has 6 nitrogen and oxygen atoms in total. The van der Waals surface area contributed by atoms with E-state index in [1.54, 1.807) is 0 Å². The van der Waals surface area contributed by atoms with Crippen LogP contribution in [0.2, 0.25) is 0 Å². The van der Waals surface area contributed by atoms with Crippen molar-refractivity contribution in [3.63, 3.8) is 0 Å². The summed E-state index contributed by atoms with van der Waals surface area (Å²) < 4.78 is 22.5. The average molecular weight is 264 g/mol. The molecular weight excluding hydrogens is 247 g/mol. The molecule has 0 saturated carbocycles. The Morgan fingerprint density at radius 2 is 2.00 bits per heavy atom. The molecule has 0 spiro atoms. The summed E-state index contributed by atoms with van der Waals surface area (Å²) in [6.45, 7) is 0. The van der Waals surface area contributed by atoms with Crippen LogP contribution in [0.3, 0.4) is 0 Å². The van der Waals surface area contributed by atoms with Gasteiger partial charge in [-0.25, -0.2) is 4.39 Å². The second-order valence-corrected chi connectivity index (χ2v) is 4.02. The molecule has 1 saturated heterocycles. The maximum Gasteiger partial charge on any atom is 0.305 e. The lowest BCUT2D eigenvalue weighted by Gasteiger charge is -2.10. The molecule has 0 radical (unpaired) electrons. The Bertz CT molecular complexity index is 319. The fourth-order valence-corrected chi connectivity index (χ4v) is 1.59. The molecule has 1 aliphatic heterocycles. The molecule has 104 valence electrons. The zero-order valence-corrected chi connectivity index (χ0v) is 9.95. The summed E-state index contributed by atoms with van der Waals surface area (Å²) in [5.41, 5.74) is 0. The Morgan fingerprint density at radius 3 is 2.50 bits per heavy atom. The van der Waals surface area contributed by atoms with Gasteiger partial charge in [0.1, 0.15) is 18.3 Å². The van der Waals surface area contributed by atoms with Gasteiger partial charge in [0.2, 0.25) is 0 Å². The first kappa shape index (κ1) is 15.0. The Balaban J connectivity index is 2.39. The van der Waals surface area contributed by atoms with Crippen molar-refractivity contribution in [2.45, 2.75) is 43.9 Å². The third kappa shape index (κ3) is 4.02. The van der Waals surface area contributed by atoms with Crippen LogP contribution in [-0.4, -0.2) is 53.0 Å². The number of methoxy groups -OCH3 is 1. The van der Waals surface area contributed by atoms with E-state index in [0.717, 1.165) is 6.08 Å². The van der Waals surface area contributed by atoms with Crippen molar-refractivity contribution in [1.29, 1.82) is 0 Å². The van der Waals surface area contributed by atoms with Gasteiger partial charge in [-0.05, 0) is 18.9 Å². The molecule has 1 heterocycles. The molecule has 0 aromatic carbocycles. The van der Waals surface area contributed by atoms with E-state index >= 15 is 0 Å². The van der Waals surface area contributed by atoms with E-state index in [2.05, 4.69) is 4.74 Å². The van der Waals surface area contributed by atoms with Gasteiger partial charge in [0.05, 0.1) is 12.9 Å². The van der Waals surface area contributed by atoms with Gasteiger partial charge in [-0.1, -0.05) is 0 Å². The van der Waals surface area contributed by atoms with E-state index in [9.17, 15) is 19.4 Å². The molecule has 0 aromatic heterocycles. The summed E-state index contributed by atoms with van der Waals surface area (Å²) in [6, 6.07) is 0. The fourth-order valence-electron chi connectivity index (χ4n) is 1.59. The quantitative estimate of drug-likeness (QED) is 0.586. The lowest BCUT2D eigenvalue weighted by molar-refractivity contribution is -0.140. The zero-order chi connectivity index (χ0) is 13.7. The molecule has 18 heavy (non-hydrogen) atoms. The molecule has 0 bridgehead atoms. The highest BCUT2D eigenvalue weighted by Crippen LogP contribution is 2.23. The molecule has 0 unspecified atom stereocenters. The van der Waals surface area contributed by atoms with E-state index in [4.69, 9.17) is 9.84 Å². The van der Waals surface area contributed by atoms with E-state index < -0.39 is 36.4 Å². The fraction of sp³-hybridized carbons (Fsp3) is 0.727. The number of halogens is 1. The maximum absolute atomic E-state index is 13.4. The minimum atomic E-state index is -1.52. The molecule has 4 atom stereocenters. The number of ether oxygens (including phenoxy) is 2. The molecule has 1 fully saturated rings. The van der Waals surface area contributed by atoms with Gasteiger partial charge in [0.25, 0.3) is 0 Å².